The van der Waals surface area contributed by atoms with E-state index in [1.54, 1.807) is 0 Å². The molecule has 11 heavy (non-hydrogen) atoms. The van der Waals surface area contributed by atoms with E-state index in [2.05, 4.69) is 6.92 Å². The fraction of sp³-hybridized carbons (Fsp3) is 0.889. The molecule has 2 unspecified atom stereocenters. The van der Waals surface area contributed by atoms with Gasteiger partial charge in [-0.05, 0) is 13.3 Å². The van der Waals surface area contributed by atoms with Gasteiger partial charge in [0.25, 0.3) is 0 Å². The molecule has 0 amide bonds. The highest BCUT2D eigenvalue weighted by Crippen LogP contribution is 2.26. The predicted molar refractivity (Wildman–Crippen MR) is 43.2 cm³/mol. The van der Waals surface area contributed by atoms with E-state index in [-0.39, 0.29) is 18.0 Å². The van der Waals surface area contributed by atoms with Gasteiger partial charge in [-0.2, -0.15) is 0 Å². The second-order valence-electron chi connectivity index (χ2n) is 3.24. The van der Waals surface area contributed by atoms with E-state index >= 15 is 0 Å². The van der Waals surface area contributed by atoms with Crippen LogP contribution in [0.3, 0.4) is 0 Å². The van der Waals surface area contributed by atoms with Gasteiger partial charge in [-0.3, -0.25) is 4.79 Å². The predicted octanol–water partition coefficient (Wildman–Crippen LogP) is 2.13. The molecule has 0 N–H and O–H groups in total. The normalized spacial score (nSPS) is 29.5. The quantitative estimate of drug-likeness (QED) is 0.460. The zero-order valence-corrected chi connectivity index (χ0v) is 7.30. The van der Waals surface area contributed by atoms with Crippen molar-refractivity contribution < 1.29 is 9.53 Å². The number of hydrogen-bond acceptors (Lipinski definition) is 2. The van der Waals surface area contributed by atoms with Crippen LogP contribution in [-0.2, 0) is 9.53 Å². The van der Waals surface area contributed by atoms with Crippen LogP contribution >= 0.6 is 0 Å². The summed E-state index contributed by atoms with van der Waals surface area (Å²) in [5, 5.41) is 0. The zero-order valence-electron chi connectivity index (χ0n) is 7.30. The molecule has 1 aliphatic heterocycles. The Balaban J connectivity index is 2.11. The van der Waals surface area contributed by atoms with Crippen LogP contribution in [0.15, 0.2) is 0 Å². The fourth-order valence-electron chi connectivity index (χ4n) is 1.44. The Kier molecular flexibility index (Phi) is 2.92. The van der Waals surface area contributed by atoms with Crippen molar-refractivity contribution in [1.82, 2.24) is 0 Å². The molecule has 64 valence electrons. The molecule has 0 radical (unpaired) electrons. The zero-order chi connectivity index (χ0) is 8.27. The molecule has 0 aromatic heterocycles. The lowest BCUT2D eigenvalue weighted by Gasteiger charge is -2.32. The average molecular weight is 156 g/mol. The van der Waals surface area contributed by atoms with Crippen molar-refractivity contribution in [1.29, 1.82) is 0 Å². The topological polar surface area (TPSA) is 26.3 Å². The first kappa shape index (κ1) is 8.57. The molecule has 0 spiro atoms. The number of carbonyl (C=O) groups is 1. The summed E-state index contributed by atoms with van der Waals surface area (Å²) in [6, 6.07) is 0. The second-order valence-corrected chi connectivity index (χ2v) is 3.24. The summed E-state index contributed by atoms with van der Waals surface area (Å²) in [4.78, 5) is 10.8. The Labute approximate surface area is 67.9 Å². The van der Waals surface area contributed by atoms with Crippen LogP contribution in [0.2, 0.25) is 0 Å². The van der Waals surface area contributed by atoms with Crippen molar-refractivity contribution in [2.24, 2.45) is 5.92 Å². The van der Waals surface area contributed by atoms with Gasteiger partial charge < -0.3 is 4.74 Å². The Bertz CT molecular complexity index is 142. The molecule has 1 saturated heterocycles. The van der Waals surface area contributed by atoms with Crippen molar-refractivity contribution in [2.45, 2.75) is 45.6 Å². The van der Waals surface area contributed by atoms with Crippen molar-refractivity contribution in [3.63, 3.8) is 0 Å². The van der Waals surface area contributed by atoms with E-state index in [1.165, 1.54) is 19.3 Å². The molecule has 0 aliphatic carbocycles. The summed E-state index contributed by atoms with van der Waals surface area (Å²) >= 11 is 0. The van der Waals surface area contributed by atoms with Gasteiger partial charge in [0.05, 0.1) is 5.92 Å². The number of hydrogen-bond donors (Lipinski definition) is 0. The van der Waals surface area contributed by atoms with Crippen LogP contribution in [0.4, 0.5) is 0 Å². The Morgan fingerprint density at radius 2 is 2.18 bits per heavy atom. The van der Waals surface area contributed by atoms with Crippen molar-refractivity contribution in [3.05, 3.63) is 0 Å². The second kappa shape index (κ2) is 3.74. The van der Waals surface area contributed by atoms with Crippen LogP contribution in [0.5, 0.6) is 0 Å². The van der Waals surface area contributed by atoms with Crippen LogP contribution < -0.4 is 0 Å². The fourth-order valence-corrected chi connectivity index (χ4v) is 1.44. The first-order valence-corrected chi connectivity index (χ1v) is 4.46. The number of carbonyl (C=O) groups excluding carboxylic acids is 1. The molecule has 1 fully saturated rings. The first-order chi connectivity index (χ1) is 5.25. The molecule has 2 heteroatoms. The van der Waals surface area contributed by atoms with Gasteiger partial charge in [0.15, 0.2) is 0 Å². The van der Waals surface area contributed by atoms with E-state index in [1.807, 2.05) is 6.92 Å². The lowest BCUT2D eigenvalue weighted by Crippen LogP contribution is -2.42. The lowest BCUT2D eigenvalue weighted by atomic mass is 9.92. The van der Waals surface area contributed by atoms with Gasteiger partial charge in [-0.1, -0.05) is 26.2 Å². The molecular formula is C9H16O2. The first-order valence-electron chi connectivity index (χ1n) is 4.46. The minimum absolute atomic E-state index is 0.00797. The smallest absolute Gasteiger partial charge is 0.312 e. The van der Waals surface area contributed by atoms with Crippen LogP contribution in [-0.4, -0.2) is 12.1 Å². The third kappa shape index (κ3) is 1.95. The third-order valence-corrected chi connectivity index (χ3v) is 2.29. The van der Waals surface area contributed by atoms with Crippen molar-refractivity contribution in [2.75, 3.05) is 0 Å². The molecule has 1 rings (SSSR count). The molecule has 2 atom stereocenters. The number of unbranched alkanes of at least 4 members (excludes halogenated alkanes) is 2. The van der Waals surface area contributed by atoms with Gasteiger partial charge in [0.2, 0.25) is 0 Å². The van der Waals surface area contributed by atoms with E-state index in [4.69, 9.17) is 4.74 Å². The van der Waals surface area contributed by atoms with E-state index in [0.29, 0.717) is 0 Å². The Morgan fingerprint density at radius 3 is 2.64 bits per heavy atom. The van der Waals surface area contributed by atoms with Gasteiger partial charge in [0, 0.05) is 0 Å². The average Bonchev–Trinajstić information content (AvgIpc) is 1.98. The van der Waals surface area contributed by atoms with Gasteiger partial charge >= 0.3 is 5.97 Å². The van der Waals surface area contributed by atoms with Gasteiger partial charge in [-0.15, -0.1) is 0 Å². The monoisotopic (exact) mass is 156 g/mol. The molecule has 1 heterocycles. The summed E-state index contributed by atoms with van der Waals surface area (Å²) in [6.45, 7) is 4.14. The van der Waals surface area contributed by atoms with E-state index < -0.39 is 0 Å². The van der Waals surface area contributed by atoms with Crippen molar-refractivity contribution >= 4 is 5.97 Å². The maximum atomic E-state index is 10.8. The highest BCUT2D eigenvalue weighted by atomic mass is 16.6. The third-order valence-electron chi connectivity index (χ3n) is 2.29. The van der Waals surface area contributed by atoms with Gasteiger partial charge in [0.1, 0.15) is 6.10 Å². The largest absolute Gasteiger partial charge is 0.461 e. The summed E-state index contributed by atoms with van der Waals surface area (Å²) in [5.74, 6) is 0.218. The minimum Gasteiger partial charge on any atom is -0.461 e. The standard InChI is InChI=1S/C9H16O2/c1-3-4-5-6-8-7(2)11-9(8)10/h7-8H,3-6H2,1-2H3. The molecule has 0 aromatic carbocycles. The Morgan fingerprint density at radius 1 is 1.45 bits per heavy atom. The summed E-state index contributed by atoms with van der Waals surface area (Å²) < 4.78 is 4.84. The molecule has 0 saturated carbocycles. The number of ether oxygens (including phenoxy) is 1. The maximum absolute atomic E-state index is 10.8. The molecule has 1 aliphatic rings. The van der Waals surface area contributed by atoms with Crippen molar-refractivity contribution in [3.8, 4) is 0 Å². The van der Waals surface area contributed by atoms with Crippen LogP contribution in [0.1, 0.15) is 39.5 Å². The number of cyclic esters (lactones) is 1. The Hall–Kier alpha value is -0.530. The number of esters is 1. The lowest BCUT2D eigenvalue weighted by molar-refractivity contribution is -0.182. The summed E-state index contributed by atoms with van der Waals surface area (Å²) in [5.41, 5.74) is 0. The molecule has 0 bridgehead atoms. The summed E-state index contributed by atoms with van der Waals surface area (Å²) in [6.07, 6.45) is 4.82. The molecular weight excluding hydrogens is 140 g/mol. The van der Waals surface area contributed by atoms with Crippen LogP contribution in [0, 0.1) is 5.92 Å². The molecule has 0 aromatic rings. The number of rotatable bonds is 4. The highest BCUT2D eigenvalue weighted by Gasteiger charge is 2.37. The van der Waals surface area contributed by atoms with E-state index in [0.717, 1.165) is 6.42 Å². The molecule has 2 nitrogen and oxygen atoms in total. The minimum atomic E-state index is 0.00797. The van der Waals surface area contributed by atoms with E-state index in [9.17, 15) is 4.79 Å². The SMILES string of the molecule is CCCCCC1C(=O)OC1C. The van der Waals surface area contributed by atoms with Gasteiger partial charge in [-0.25, -0.2) is 0 Å². The van der Waals surface area contributed by atoms with Crippen LogP contribution in [0.25, 0.3) is 0 Å². The highest BCUT2D eigenvalue weighted by molar-refractivity contribution is 5.78. The maximum Gasteiger partial charge on any atom is 0.312 e. The summed E-state index contributed by atoms with van der Waals surface area (Å²) in [7, 11) is 0.